The number of carbonyl (C=O) groups excluding carboxylic acids is 1. The lowest BCUT2D eigenvalue weighted by Gasteiger charge is -2.35. The fourth-order valence-corrected chi connectivity index (χ4v) is 4.45. The molecular weight excluding hydrogens is 544 g/mol. The van der Waals surface area contributed by atoms with Gasteiger partial charge in [0.05, 0.1) is 38.2 Å². The number of benzene rings is 3. The van der Waals surface area contributed by atoms with Gasteiger partial charge in [0.1, 0.15) is 5.75 Å². The van der Waals surface area contributed by atoms with Crippen molar-refractivity contribution in [1.82, 2.24) is 0 Å². The van der Waals surface area contributed by atoms with Gasteiger partial charge in [-0.1, -0.05) is 18.2 Å². The van der Waals surface area contributed by atoms with E-state index in [0.29, 0.717) is 60.4 Å². The summed E-state index contributed by atoms with van der Waals surface area (Å²) in [6.45, 7) is 1.42. The van der Waals surface area contributed by atoms with Crippen molar-refractivity contribution in [3.05, 3.63) is 72.3 Å². The van der Waals surface area contributed by atoms with Crippen molar-refractivity contribution < 1.29 is 43.5 Å². The van der Waals surface area contributed by atoms with Gasteiger partial charge in [0.2, 0.25) is 6.10 Å². The van der Waals surface area contributed by atoms with Gasteiger partial charge in [0, 0.05) is 18.5 Å². The molecule has 4 rings (SSSR count). The zero-order chi connectivity index (χ0) is 29.9. The maximum Gasteiger partial charge on any atom is 0.346 e. The molecule has 0 saturated carbocycles. The van der Waals surface area contributed by atoms with Gasteiger partial charge in [0.15, 0.2) is 17.2 Å². The van der Waals surface area contributed by atoms with E-state index < -0.39 is 23.9 Å². The van der Waals surface area contributed by atoms with E-state index in [9.17, 15) is 19.5 Å². The highest BCUT2D eigenvalue weighted by molar-refractivity contribution is 6.05. The van der Waals surface area contributed by atoms with Crippen LogP contribution in [0.4, 0.5) is 11.4 Å². The van der Waals surface area contributed by atoms with Crippen LogP contribution in [0.5, 0.6) is 23.0 Å². The number of hydrogen-bond donors (Lipinski definition) is 3. The zero-order valence-electron chi connectivity index (χ0n) is 23.3. The van der Waals surface area contributed by atoms with Crippen LogP contribution in [0.1, 0.15) is 36.0 Å². The summed E-state index contributed by atoms with van der Waals surface area (Å²) >= 11 is 0. The Bertz CT molecular complexity index is 1380. The fourth-order valence-electron chi connectivity index (χ4n) is 4.45. The minimum absolute atomic E-state index is 0.0428. The van der Waals surface area contributed by atoms with E-state index in [0.717, 1.165) is 12.8 Å². The van der Waals surface area contributed by atoms with E-state index in [2.05, 4.69) is 5.32 Å². The van der Waals surface area contributed by atoms with Crippen molar-refractivity contribution in [2.24, 2.45) is 0 Å². The standard InChI is InChI=1S/C31H34N2O9/c1-39-25-10-2-3-11-26(25)41-19-5-4-18-40-22-15-13-21(14-16-22)30(36)32-23-8-6-9-24-29(23)42-27(31(37)38)20-33(24)17-7-12-28(34)35/h2-3,6,8-11,13-16,27H,4-5,7,12,17-20H2,1H3,(H,32,36)(H,34,35)(H,37,38). The topological polar surface area (TPSA) is 144 Å². The van der Waals surface area contributed by atoms with E-state index >= 15 is 0 Å². The van der Waals surface area contributed by atoms with E-state index in [4.69, 9.17) is 24.1 Å². The summed E-state index contributed by atoms with van der Waals surface area (Å²) in [5.74, 6) is -0.227. The van der Waals surface area contributed by atoms with E-state index in [1.807, 2.05) is 24.3 Å². The van der Waals surface area contributed by atoms with E-state index in [1.54, 1.807) is 54.5 Å². The Hall–Kier alpha value is -4.93. The molecule has 0 radical (unpaired) electrons. The second-order valence-electron chi connectivity index (χ2n) is 9.58. The van der Waals surface area contributed by atoms with Crippen LogP contribution >= 0.6 is 0 Å². The van der Waals surface area contributed by atoms with Crippen LogP contribution in [0.2, 0.25) is 0 Å². The number of unbranched alkanes of at least 4 members (excludes halogenated alkanes) is 1. The molecule has 1 atom stereocenters. The molecule has 0 fully saturated rings. The Balaban J connectivity index is 1.30. The van der Waals surface area contributed by atoms with Gasteiger partial charge in [-0.05, 0) is 67.8 Å². The van der Waals surface area contributed by atoms with Crippen LogP contribution in [0, 0.1) is 0 Å². The molecule has 11 nitrogen and oxygen atoms in total. The second-order valence-corrected chi connectivity index (χ2v) is 9.58. The van der Waals surface area contributed by atoms with Gasteiger partial charge >= 0.3 is 11.9 Å². The summed E-state index contributed by atoms with van der Waals surface area (Å²) in [6, 6.07) is 19.3. The van der Waals surface area contributed by atoms with Gasteiger partial charge in [0.25, 0.3) is 5.91 Å². The molecule has 3 aromatic rings. The van der Waals surface area contributed by atoms with Crippen LogP contribution in [-0.4, -0.2) is 67.6 Å². The predicted molar refractivity (Wildman–Crippen MR) is 155 cm³/mol. The third kappa shape index (κ3) is 8.06. The lowest BCUT2D eigenvalue weighted by atomic mass is 10.1. The predicted octanol–water partition coefficient (Wildman–Crippen LogP) is 4.70. The van der Waals surface area contributed by atoms with Crippen molar-refractivity contribution in [1.29, 1.82) is 0 Å². The van der Waals surface area contributed by atoms with Gasteiger partial charge in [-0.25, -0.2) is 4.79 Å². The minimum Gasteiger partial charge on any atom is -0.494 e. The number of carboxylic acid groups (broad SMARTS) is 2. The third-order valence-corrected chi connectivity index (χ3v) is 6.57. The molecule has 42 heavy (non-hydrogen) atoms. The van der Waals surface area contributed by atoms with E-state index in [1.165, 1.54) is 0 Å². The molecule has 3 aromatic carbocycles. The van der Waals surface area contributed by atoms with Gasteiger partial charge < -0.3 is 39.4 Å². The molecule has 222 valence electrons. The number of aliphatic carboxylic acids is 2. The monoisotopic (exact) mass is 578 g/mol. The number of fused-ring (bicyclic) bond motifs is 1. The summed E-state index contributed by atoms with van der Waals surface area (Å²) < 4.78 is 22.6. The normalized spacial score (nSPS) is 13.8. The first kappa shape index (κ1) is 30.0. The second kappa shape index (κ2) is 14.6. The molecule has 1 amide bonds. The fraction of sp³-hybridized carbons (Fsp3) is 0.323. The van der Waals surface area contributed by atoms with Crippen LogP contribution in [0.15, 0.2) is 66.7 Å². The number of amides is 1. The lowest BCUT2D eigenvalue weighted by molar-refractivity contribution is -0.145. The van der Waals surface area contributed by atoms with Crippen molar-refractivity contribution >= 4 is 29.2 Å². The average Bonchev–Trinajstić information content (AvgIpc) is 2.99. The van der Waals surface area contributed by atoms with Crippen LogP contribution < -0.4 is 29.2 Å². The molecule has 3 N–H and O–H groups in total. The van der Waals surface area contributed by atoms with Crippen LogP contribution in [-0.2, 0) is 9.59 Å². The summed E-state index contributed by atoms with van der Waals surface area (Å²) in [4.78, 5) is 37.5. The SMILES string of the molecule is COc1ccccc1OCCCCOc1ccc(C(=O)Nc2cccc3c2OC(C(=O)O)CN3CCCC(=O)O)cc1. The number of rotatable bonds is 15. The molecule has 0 saturated heterocycles. The molecule has 0 aliphatic carbocycles. The highest BCUT2D eigenvalue weighted by Gasteiger charge is 2.32. The minimum atomic E-state index is -1.16. The molecule has 1 unspecified atom stereocenters. The molecular formula is C31H34N2O9. The van der Waals surface area contributed by atoms with Crippen LogP contribution in [0.25, 0.3) is 0 Å². The Kier molecular flexibility index (Phi) is 10.5. The van der Waals surface area contributed by atoms with Crippen molar-refractivity contribution in [3.8, 4) is 23.0 Å². The first-order valence-corrected chi connectivity index (χ1v) is 13.6. The number of anilines is 2. The summed E-state index contributed by atoms with van der Waals surface area (Å²) in [7, 11) is 1.60. The summed E-state index contributed by atoms with van der Waals surface area (Å²) in [5, 5.41) is 21.4. The third-order valence-electron chi connectivity index (χ3n) is 6.57. The largest absolute Gasteiger partial charge is 0.494 e. The highest BCUT2D eigenvalue weighted by Crippen LogP contribution is 2.40. The highest BCUT2D eigenvalue weighted by atomic mass is 16.5. The molecule has 11 heteroatoms. The number of nitrogens with one attached hydrogen (secondary N) is 1. The van der Waals surface area contributed by atoms with Crippen molar-refractivity contribution in [2.45, 2.75) is 31.8 Å². The Morgan fingerprint density at radius 1 is 0.905 bits per heavy atom. The molecule has 0 bridgehead atoms. The molecule has 0 spiro atoms. The zero-order valence-corrected chi connectivity index (χ0v) is 23.3. The Morgan fingerprint density at radius 3 is 2.31 bits per heavy atom. The summed E-state index contributed by atoms with van der Waals surface area (Å²) in [6.07, 6.45) is 0.703. The summed E-state index contributed by atoms with van der Waals surface area (Å²) in [5.41, 5.74) is 1.30. The van der Waals surface area contributed by atoms with Crippen molar-refractivity contribution in [2.75, 3.05) is 43.6 Å². The quantitative estimate of drug-likeness (QED) is 0.217. The smallest absolute Gasteiger partial charge is 0.346 e. The average molecular weight is 579 g/mol. The molecule has 1 aliphatic rings. The number of ether oxygens (including phenoxy) is 4. The number of para-hydroxylation sites is 3. The van der Waals surface area contributed by atoms with Crippen LogP contribution in [0.3, 0.4) is 0 Å². The maximum absolute atomic E-state index is 13.0. The number of hydrogen-bond acceptors (Lipinski definition) is 8. The lowest BCUT2D eigenvalue weighted by Crippen LogP contribution is -2.45. The Labute approximate surface area is 243 Å². The van der Waals surface area contributed by atoms with Gasteiger partial charge in [-0.2, -0.15) is 0 Å². The number of carboxylic acids is 2. The number of nitrogens with zero attached hydrogens (tertiary/aromatic N) is 1. The maximum atomic E-state index is 13.0. The molecule has 1 aliphatic heterocycles. The first-order valence-electron chi connectivity index (χ1n) is 13.6. The van der Waals surface area contributed by atoms with Gasteiger partial charge in [-0.15, -0.1) is 0 Å². The number of methoxy groups -OCH3 is 1. The Morgan fingerprint density at radius 2 is 1.62 bits per heavy atom. The van der Waals surface area contributed by atoms with Gasteiger partial charge in [-0.3, -0.25) is 9.59 Å². The molecule has 1 heterocycles. The van der Waals surface area contributed by atoms with Crippen molar-refractivity contribution in [3.63, 3.8) is 0 Å². The first-order chi connectivity index (χ1) is 20.4. The number of carbonyl (C=O) groups is 3. The van der Waals surface area contributed by atoms with E-state index in [-0.39, 0.29) is 18.7 Å². The molecule has 0 aromatic heterocycles.